The third-order valence-electron chi connectivity index (χ3n) is 16.0. The van der Waals surface area contributed by atoms with Gasteiger partial charge in [0, 0.05) is 92.7 Å². The van der Waals surface area contributed by atoms with Crippen molar-refractivity contribution in [2.75, 3.05) is 0 Å². The van der Waals surface area contributed by atoms with Crippen LogP contribution in [0.15, 0.2) is 92.2 Å². The molecule has 24 heteroatoms. The molecule has 0 spiro atoms. The highest BCUT2D eigenvalue weighted by Gasteiger charge is 2.39. The van der Waals surface area contributed by atoms with Gasteiger partial charge in [-0.2, -0.15) is 19.3 Å². The Kier molecular flexibility index (Phi) is 36.6. The fourth-order valence-electron chi connectivity index (χ4n) is 9.51. The minimum Gasteiger partial charge on any atom is -0.472 e. The Morgan fingerprint density at radius 2 is 1.11 bits per heavy atom. The molecule has 0 aliphatic carbocycles. The lowest BCUT2D eigenvalue weighted by Crippen LogP contribution is -2.29. The monoisotopic (exact) mass is 1510 g/mol. The highest BCUT2D eigenvalue weighted by Crippen LogP contribution is 2.33. The van der Waals surface area contributed by atoms with Crippen LogP contribution in [0.25, 0.3) is 0 Å². The first kappa shape index (κ1) is 98.7. The van der Waals surface area contributed by atoms with Gasteiger partial charge in [-0.25, -0.2) is 18.7 Å². The predicted octanol–water partition coefficient (Wildman–Crippen LogP) is 20.1. The van der Waals surface area contributed by atoms with Crippen molar-refractivity contribution >= 4 is 23.3 Å². The highest BCUT2D eigenvalue weighted by atomic mass is 32.1. The van der Waals surface area contributed by atoms with Crippen LogP contribution in [-0.2, 0) is 72.4 Å². The second kappa shape index (κ2) is 39.7. The van der Waals surface area contributed by atoms with E-state index >= 15 is 0 Å². The van der Waals surface area contributed by atoms with Gasteiger partial charge < -0.3 is 18.7 Å². The molecule has 1 unspecified atom stereocenters. The van der Waals surface area contributed by atoms with Crippen LogP contribution in [-0.4, -0.2) is 81.4 Å². The highest BCUT2D eigenvalue weighted by molar-refractivity contribution is 7.06. The van der Waals surface area contributed by atoms with Crippen molar-refractivity contribution < 1.29 is 37.0 Å². The van der Waals surface area contributed by atoms with Crippen molar-refractivity contribution in [3.63, 3.8) is 0 Å². The molecule has 9 aromatic rings. The zero-order chi connectivity index (χ0) is 82.7. The molecule has 600 valence electrons. The van der Waals surface area contributed by atoms with E-state index in [4.69, 9.17) is 18.7 Å². The number of hydrogen-bond acceptors (Lipinski definition) is 17. The number of aromatic nitrogens is 13. The Bertz CT molecular complexity index is 3980. The topological polar surface area (TPSA) is 269 Å². The summed E-state index contributed by atoms with van der Waals surface area (Å²) in [4.78, 5) is 42.8. The molecule has 107 heavy (non-hydrogen) atoms. The van der Waals surface area contributed by atoms with E-state index in [1.54, 1.807) is 41.7 Å². The number of imide groups is 1. The number of aromatic amines is 1. The Hall–Kier alpha value is -8.28. The molecule has 1 fully saturated rings. The molecule has 3 N–H and O–H groups in total. The molecule has 10 rings (SSSR count). The summed E-state index contributed by atoms with van der Waals surface area (Å²) < 4.78 is 50.4. The van der Waals surface area contributed by atoms with Crippen LogP contribution >= 0.6 is 11.5 Å². The third-order valence-corrected chi connectivity index (χ3v) is 17.3. The van der Waals surface area contributed by atoms with E-state index in [2.05, 4.69) is 192 Å². The number of imidazole rings is 1. The molecule has 9 heterocycles. The molecule has 8 aromatic heterocycles. The lowest BCUT2D eigenvalue weighted by atomic mass is 9.80. The number of aryl methyl sites for hydroxylation is 7. The van der Waals surface area contributed by atoms with Crippen molar-refractivity contribution in [3.8, 4) is 0 Å². The fourth-order valence-corrected chi connectivity index (χ4v) is 10.3. The van der Waals surface area contributed by atoms with Crippen molar-refractivity contribution in [3.05, 3.63) is 180 Å². The second-order valence-electron chi connectivity index (χ2n) is 37.1. The summed E-state index contributed by atoms with van der Waals surface area (Å²) in [6.07, 6.45) is 11.6. The summed E-state index contributed by atoms with van der Waals surface area (Å²) in [7, 11) is 3.90. The van der Waals surface area contributed by atoms with Gasteiger partial charge in [-0.15, -0.1) is 5.10 Å². The summed E-state index contributed by atoms with van der Waals surface area (Å²) in [6.45, 7) is 73.5. The molecule has 1 aliphatic rings. The number of rotatable bonds is 0. The Morgan fingerprint density at radius 3 is 1.35 bits per heavy atom. The van der Waals surface area contributed by atoms with Gasteiger partial charge in [0.15, 0.2) is 5.43 Å². The molecular formula is C83H136F2N14O7S. The van der Waals surface area contributed by atoms with E-state index in [1.807, 2.05) is 136 Å². The number of nitrogens with one attached hydrogen (secondary N) is 2. The zero-order valence-corrected chi connectivity index (χ0v) is 72.5. The maximum absolute atomic E-state index is 13.1. The number of amides is 2. The maximum atomic E-state index is 13.1. The Morgan fingerprint density at radius 1 is 0.570 bits per heavy atom. The number of nitrogens with zero attached hydrogens (tertiary/aromatic N) is 12. The van der Waals surface area contributed by atoms with Gasteiger partial charge in [0.2, 0.25) is 11.8 Å². The molecule has 0 radical (unpaired) electrons. The van der Waals surface area contributed by atoms with Gasteiger partial charge in [0.1, 0.15) is 41.1 Å². The molecule has 21 nitrogen and oxygen atoms in total. The lowest BCUT2D eigenvalue weighted by molar-refractivity contribution is -0.127. The molecule has 1 saturated heterocycles. The molecule has 1 atom stereocenters. The average molecular weight is 1510 g/mol. The van der Waals surface area contributed by atoms with Crippen molar-refractivity contribution in [2.45, 2.75) is 312 Å². The van der Waals surface area contributed by atoms with Gasteiger partial charge in [0.25, 0.3) is 0 Å². The second-order valence-corrected chi connectivity index (χ2v) is 37.9. The van der Waals surface area contributed by atoms with E-state index in [0.29, 0.717) is 23.4 Å². The maximum Gasteiger partial charge on any atom is 0.230 e. The number of hydrogen-bond donors (Lipinski definition) is 3. The van der Waals surface area contributed by atoms with E-state index in [1.165, 1.54) is 60.2 Å². The fraction of sp³-hybridized carbons (Fsp3) is 0.614. The number of halogens is 2. The molecule has 1 aliphatic heterocycles. The summed E-state index contributed by atoms with van der Waals surface area (Å²) in [6, 6.07) is 9.07. The van der Waals surface area contributed by atoms with Crippen molar-refractivity contribution in [1.82, 2.24) is 69.7 Å². The minimum absolute atomic E-state index is 0. The first-order valence-corrected chi connectivity index (χ1v) is 36.6. The third kappa shape index (κ3) is 34.7. The van der Waals surface area contributed by atoms with Gasteiger partial charge in [-0.1, -0.05) is 231 Å². The number of carbonyl (C=O) groups is 2. The Labute approximate surface area is 644 Å². The Balaban J connectivity index is 0.00000117. The van der Waals surface area contributed by atoms with E-state index in [0.717, 1.165) is 50.4 Å². The lowest BCUT2D eigenvalue weighted by Gasteiger charge is -2.22. The largest absolute Gasteiger partial charge is 0.472 e. The van der Waals surface area contributed by atoms with E-state index in [9.17, 15) is 23.2 Å². The minimum atomic E-state index is -0.468. The number of carbonyl (C=O) groups excluding carboxylic acids is 2. The van der Waals surface area contributed by atoms with Gasteiger partial charge in [-0.3, -0.25) is 34.2 Å². The predicted molar refractivity (Wildman–Crippen MR) is 431 cm³/mol. The molecule has 0 bridgehead atoms. The van der Waals surface area contributed by atoms with Crippen molar-refractivity contribution in [1.29, 1.82) is 0 Å². The molecule has 0 saturated carbocycles. The summed E-state index contributed by atoms with van der Waals surface area (Å²) >= 11 is 1.61. The van der Waals surface area contributed by atoms with Crippen LogP contribution in [0.3, 0.4) is 0 Å². The normalized spacial score (nSPS) is 13.2. The van der Waals surface area contributed by atoms with Gasteiger partial charge in [-0.05, 0) is 110 Å². The molecule has 1 aromatic carbocycles. The summed E-state index contributed by atoms with van der Waals surface area (Å²) in [5.74, 6) is 2.15. The van der Waals surface area contributed by atoms with Crippen LogP contribution in [0, 0.1) is 64.5 Å². The molecule has 2 amide bonds. The van der Waals surface area contributed by atoms with E-state index in [-0.39, 0.29) is 90.3 Å². The average Bonchev–Trinajstić information content (AvgIpc) is 1.06. The zero-order valence-electron chi connectivity index (χ0n) is 71.6. The van der Waals surface area contributed by atoms with Gasteiger partial charge >= 0.3 is 0 Å². The number of H-pyrrole nitrogens is 1. The van der Waals surface area contributed by atoms with E-state index < -0.39 is 11.6 Å². The van der Waals surface area contributed by atoms with Crippen LogP contribution < -0.4 is 10.7 Å². The van der Waals surface area contributed by atoms with Crippen molar-refractivity contribution in [2.24, 2.45) is 25.4 Å². The van der Waals surface area contributed by atoms with Gasteiger partial charge in [0.05, 0.1) is 59.8 Å². The SMILES string of the molecule is C.CC(C)(C)C1CC(=O)NC1=O.CC(C)(C)c1nccn1O.CC(C)(C)c1ncn[nH]1.Cc1c(F)cc(C(C)(C)C)cc1F.Cc1cc(C(C)(C)C)n(C)n1.Cc1cc(C(C)(C)C)on1.Cc1cc(C(C)(C)C)sn1.Cc1cocc(C(C)(C)C)c1=O.Cc1oncc1C(C)(C)C.Cn1nncc1C(C)(C)C. The standard InChI is InChI=1S/C11H14F2.C10H14O2.C9H16N2.C8H13NO2.2C8H13NO.C8H13NS.C7H13N3.C7H12N2O.C6H11N3.CH4/c1-7-9(12)5-8(6-10(7)13)11(2,3)4;1-7-5-12-6-8(9(7)11)10(2,3)4;1-7-6-8(9(2,3)4)11(5)10-7;1-8(2,3)5-4-6(10)9-7(5)11;1-6-7(5-9-10-6)8(2,3)4;2*1-6-5-7(10-9-6)8(2,3)4;1-7(2,3)6-5-8-9-10(6)4;1-7(2,3)6-8-4-5-9(6)10;1-6(2,3)5-7-4-8-9-5;/h5-6H,1-4H3;5-6H,1-4H3;6H,1-5H3;5H,4H2,1-3H3,(H,9,10,11);4*5H,1-4H3;4-5,10H,1-3H3;4H,1-3H3,(H,7,8,9);1H4. The van der Waals surface area contributed by atoms with Crippen LogP contribution in [0.2, 0.25) is 0 Å². The molecular weight excluding hydrogens is 1380 g/mol. The number of benzene rings is 1. The van der Waals surface area contributed by atoms with Crippen LogP contribution in [0.1, 0.15) is 306 Å². The van der Waals surface area contributed by atoms with Crippen LogP contribution in [0.4, 0.5) is 8.78 Å². The summed E-state index contributed by atoms with van der Waals surface area (Å²) in [5.41, 5.74) is 9.52. The smallest absolute Gasteiger partial charge is 0.230 e. The summed E-state index contributed by atoms with van der Waals surface area (Å²) in [5, 5.41) is 37.5. The van der Waals surface area contributed by atoms with Crippen LogP contribution in [0.5, 0.6) is 0 Å². The first-order valence-electron chi connectivity index (χ1n) is 35.8. The quantitative estimate of drug-likeness (QED) is 0.0940. The first-order chi connectivity index (χ1) is 47.7.